The molecule has 1 aliphatic heterocycles. The fourth-order valence-corrected chi connectivity index (χ4v) is 3.15. The van der Waals surface area contributed by atoms with Crippen LogP contribution in [0.3, 0.4) is 0 Å². The van der Waals surface area contributed by atoms with Crippen LogP contribution in [0.1, 0.15) is 52.9 Å². The Kier molecular flexibility index (Phi) is 5.49. The Morgan fingerprint density at radius 1 is 1.33 bits per heavy atom. The highest BCUT2D eigenvalue weighted by Crippen LogP contribution is 2.32. The summed E-state index contributed by atoms with van der Waals surface area (Å²) in [7, 11) is 0. The van der Waals surface area contributed by atoms with Gasteiger partial charge in [0.05, 0.1) is 0 Å². The van der Waals surface area contributed by atoms with Gasteiger partial charge in [0.15, 0.2) is 0 Å². The van der Waals surface area contributed by atoms with Gasteiger partial charge < -0.3 is 15.2 Å². The average molecular weight is 298 g/mol. The van der Waals surface area contributed by atoms with Crippen LogP contribution in [-0.2, 0) is 4.74 Å². The van der Waals surface area contributed by atoms with Crippen LogP contribution in [0.15, 0.2) is 0 Å². The van der Waals surface area contributed by atoms with E-state index in [-0.39, 0.29) is 18.7 Å². The van der Waals surface area contributed by atoms with Crippen molar-refractivity contribution in [3.05, 3.63) is 0 Å². The summed E-state index contributed by atoms with van der Waals surface area (Å²) < 4.78 is 5.36. The van der Waals surface area contributed by atoms with Gasteiger partial charge in [-0.2, -0.15) is 0 Å². The maximum atomic E-state index is 11.9. The Bertz CT molecular complexity index is 350. The summed E-state index contributed by atoms with van der Waals surface area (Å²) in [5, 5.41) is 12.0. The number of carbonyl (C=O) groups is 1. The van der Waals surface area contributed by atoms with Crippen molar-refractivity contribution in [1.29, 1.82) is 0 Å². The van der Waals surface area contributed by atoms with E-state index in [0.29, 0.717) is 12.0 Å². The topological polar surface area (TPSA) is 61.8 Å². The quantitative estimate of drug-likeness (QED) is 0.816. The smallest absolute Gasteiger partial charge is 0.407 e. The lowest BCUT2D eigenvalue weighted by molar-refractivity contribution is 0.0437. The van der Waals surface area contributed by atoms with Gasteiger partial charge in [0.2, 0.25) is 0 Å². The van der Waals surface area contributed by atoms with Crippen LogP contribution in [0.5, 0.6) is 0 Å². The van der Waals surface area contributed by atoms with Crippen LogP contribution in [-0.4, -0.2) is 53.5 Å². The van der Waals surface area contributed by atoms with Crippen LogP contribution in [0.2, 0.25) is 0 Å². The van der Waals surface area contributed by atoms with Gasteiger partial charge in [-0.3, -0.25) is 4.90 Å². The van der Waals surface area contributed by atoms with E-state index in [0.717, 1.165) is 32.4 Å². The van der Waals surface area contributed by atoms with Gasteiger partial charge >= 0.3 is 6.09 Å². The number of likely N-dealkylation sites (tertiary alicyclic amines) is 1. The molecule has 0 aromatic heterocycles. The summed E-state index contributed by atoms with van der Waals surface area (Å²) in [4.78, 5) is 14.5. The molecule has 1 saturated heterocycles. The highest BCUT2D eigenvalue weighted by Gasteiger charge is 2.36. The van der Waals surface area contributed by atoms with Crippen LogP contribution in [0, 0.1) is 5.92 Å². The maximum absolute atomic E-state index is 11.9. The highest BCUT2D eigenvalue weighted by atomic mass is 16.6. The van der Waals surface area contributed by atoms with E-state index in [1.54, 1.807) is 0 Å². The minimum absolute atomic E-state index is 0.165. The summed E-state index contributed by atoms with van der Waals surface area (Å²) in [5.74, 6) is 0.562. The standard InChI is InChI=1S/C16H30N2O3/c1-16(2,3)21-15(20)17-13-9-12(5-4-8-19)10-18(11-13)14-6-7-14/h12-14,19H,4-11H2,1-3H3,(H,17,20). The molecule has 0 bridgehead atoms. The Balaban J connectivity index is 1.86. The molecule has 2 N–H and O–H groups in total. The zero-order chi connectivity index (χ0) is 15.5. The fourth-order valence-electron chi connectivity index (χ4n) is 3.15. The molecule has 0 spiro atoms. The molecule has 1 heterocycles. The Morgan fingerprint density at radius 2 is 2.05 bits per heavy atom. The number of amides is 1. The van der Waals surface area contributed by atoms with Crippen molar-refractivity contribution >= 4 is 6.09 Å². The molecule has 2 aliphatic rings. The van der Waals surface area contributed by atoms with Gasteiger partial charge in [-0.25, -0.2) is 4.79 Å². The molecule has 1 amide bonds. The summed E-state index contributed by atoms with van der Waals surface area (Å²) in [6, 6.07) is 0.878. The van der Waals surface area contributed by atoms with Gasteiger partial charge in [0.25, 0.3) is 0 Å². The lowest BCUT2D eigenvalue weighted by Gasteiger charge is -2.38. The average Bonchev–Trinajstić information content (AvgIpc) is 3.17. The van der Waals surface area contributed by atoms with E-state index in [4.69, 9.17) is 9.84 Å². The second-order valence-electron chi connectivity index (χ2n) is 7.50. The van der Waals surface area contributed by atoms with Crippen LogP contribution in [0.25, 0.3) is 0 Å². The zero-order valence-corrected chi connectivity index (χ0v) is 13.6. The number of nitrogens with one attached hydrogen (secondary N) is 1. The molecule has 2 rings (SSSR count). The SMILES string of the molecule is CC(C)(C)OC(=O)NC1CC(CCCO)CN(C2CC2)C1. The summed E-state index contributed by atoms with van der Waals surface area (Å²) in [5.41, 5.74) is -0.453. The first kappa shape index (κ1) is 16.6. The van der Waals surface area contributed by atoms with E-state index in [1.165, 1.54) is 12.8 Å². The van der Waals surface area contributed by atoms with Gasteiger partial charge in [0.1, 0.15) is 5.60 Å². The van der Waals surface area contributed by atoms with E-state index in [1.807, 2.05) is 20.8 Å². The summed E-state index contributed by atoms with van der Waals surface area (Å²) in [6.07, 6.45) is 5.13. The summed E-state index contributed by atoms with van der Waals surface area (Å²) in [6.45, 7) is 7.94. The van der Waals surface area contributed by atoms with Crippen molar-refractivity contribution in [3.63, 3.8) is 0 Å². The lowest BCUT2D eigenvalue weighted by Crippen LogP contribution is -2.52. The zero-order valence-electron chi connectivity index (χ0n) is 13.6. The van der Waals surface area contributed by atoms with E-state index >= 15 is 0 Å². The molecular formula is C16H30N2O3. The number of aliphatic hydroxyl groups is 1. The third kappa shape index (κ3) is 5.83. The number of hydrogen-bond donors (Lipinski definition) is 2. The third-order valence-electron chi connectivity index (χ3n) is 4.12. The van der Waals surface area contributed by atoms with E-state index in [9.17, 15) is 4.79 Å². The molecule has 1 saturated carbocycles. The number of carbonyl (C=O) groups excluding carboxylic acids is 1. The normalized spacial score (nSPS) is 27.4. The number of ether oxygens (including phenoxy) is 1. The van der Waals surface area contributed by atoms with Gasteiger partial charge in [-0.05, 0) is 58.8 Å². The van der Waals surface area contributed by atoms with Crippen LogP contribution in [0.4, 0.5) is 4.79 Å². The Morgan fingerprint density at radius 3 is 2.62 bits per heavy atom. The van der Waals surface area contributed by atoms with Gasteiger partial charge in [-0.1, -0.05) is 0 Å². The fraction of sp³-hybridized carbons (Fsp3) is 0.938. The van der Waals surface area contributed by atoms with Crippen molar-refractivity contribution < 1.29 is 14.6 Å². The molecule has 0 aromatic carbocycles. The molecule has 2 fully saturated rings. The predicted octanol–water partition coefficient (Wildman–Crippen LogP) is 2.14. The van der Waals surface area contributed by atoms with Crippen molar-refractivity contribution in [1.82, 2.24) is 10.2 Å². The molecule has 5 nitrogen and oxygen atoms in total. The molecule has 2 atom stereocenters. The molecule has 21 heavy (non-hydrogen) atoms. The number of aliphatic hydroxyl groups excluding tert-OH is 1. The summed E-state index contributed by atoms with van der Waals surface area (Å²) >= 11 is 0. The number of nitrogens with zero attached hydrogens (tertiary/aromatic N) is 1. The first-order valence-corrected chi connectivity index (χ1v) is 8.22. The van der Waals surface area contributed by atoms with E-state index in [2.05, 4.69) is 10.2 Å². The Labute approximate surface area is 128 Å². The van der Waals surface area contributed by atoms with Crippen molar-refractivity contribution in [2.24, 2.45) is 5.92 Å². The number of alkyl carbamates (subject to hydrolysis) is 1. The minimum atomic E-state index is -0.453. The Hall–Kier alpha value is -0.810. The predicted molar refractivity (Wildman–Crippen MR) is 82.2 cm³/mol. The maximum Gasteiger partial charge on any atom is 0.407 e. The second-order valence-corrected chi connectivity index (χ2v) is 7.50. The van der Waals surface area contributed by atoms with Gasteiger partial charge in [-0.15, -0.1) is 0 Å². The molecular weight excluding hydrogens is 268 g/mol. The first-order chi connectivity index (χ1) is 9.87. The highest BCUT2D eigenvalue weighted by molar-refractivity contribution is 5.68. The van der Waals surface area contributed by atoms with Crippen molar-refractivity contribution in [3.8, 4) is 0 Å². The first-order valence-electron chi connectivity index (χ1n) is 8.22. The number of rotatable bonds is 5. The van der Waals surface area contributed by atoms with Crippen LogP contribution >= 0.6 is 0 Å². The minimum Gasteiger partial charge on any atom is -0.444 e. The molecule has 0 radical (unpaired) electrons. The molecule has 1 aliphatic carbocycles. The van der Waals surface area contributed by atoms with Crippen LogP contribution < -0.4 is 5.32 Å². The number of hydrogen-bond acceptors (Lipinski definition) is 4. The van der Waals surface area contributed by atoms with E-state index < -0.39 is 5.60 Å². The number of piperidine rings is 1. The third-order valence-corrected chi connectivity index (χ3v) is 4.12. The second kappa shape index (κ2) is 6.97. The monoisotopic (exact) mass is 298 g/mol. The molecule has 5 heteroatoms. The van der Waals surface area contributed by atoms with Crippen molar-refractivity contribution in [2.45, 2.75) is 70.6 Å². The lowest BCUT2D eigenvalue weighted by atomic mass is 9.90. The van der Waals surface area contributed by atoms with Crippen molar-refractivity contribution in [2.75, 3.05) is 19.7 Å². The molecule has 2 unspecified atom stereocenters. The molecule has 122 valence electrons. The largest absolute Gasteiger partial charge is 0.444 e. The molecule has 0 aromatic rings. The van der Waals surface area contributed by atoms with Gasteiger partial charge in [0, 0.05) is 31.8 Å².